The van der Waals surface area contributed by atoms with E-state index in [2.05, 4.69) is 5.32 Å². The summed E-state index contributed by atoms with van der Waals surface area (Å²) in [6.45, 7) is 5.25. The van der Waals surface area contributed by atoms with Gasteiger partial charge in [-0.15, -0.1) is 11.8 Å². The summed E-state index contributed by atoms with van der Waals surface area (Å²) in [7, 11) is 0. The molecule has 8 nitrogen and oxygen atoms in total. The molecular formula is C19H19Cl2N3O5S. The maximum absolute atomic E-state index is 13.1. The van der Waals surface area contributed by atoms with Crippen LogP contribution in [0.4, 0.5) is 5.69 Å². The number of carbonyl (C=O) groups is 3. The third-order valence-electron chi connectivity index (χ3n) is 5.40. The summed E-state index contributed by atoms with van der Waals surface area (Å²) in [6.07, 6.45) is 0. The van der Waals surface area contributed by atoms with Crippen molar-refractivity contribution in [3.63, 3.8) is 0 Å². The van der Waals surface area contributed by atoms with E-state index in [-0.39, 0.29) is 12.4 Å². The zero-order valence-corrected chi connectivity index (χ0v) is 18.6. The first kappa shape index (κ1) is 21.1. The number of allylic oxidation sites excluding steroid dienone is 1. The Bertz CT molecular complexity index is 978. The number of carbonyl (C=O) groups excluding carboxylic acids is 2. The number of hydrogen-bond acceptors (Lipinski definition) is 6. The molecule has 3 aliphatic rings. The van der Waals surface area contributed by atoms with Crippen molar-refractivity contribution in [1.29, 1.82) is 0 Å². The lowest BCUT2D eigenvalue weighted by molar-refractivity contribution is -0.160. The van der Waals surface area contributed by atoms with Gasteiger partial charge in [0.15, 0.2) is 6.73 Å². The minimum Gasteiger partial charge on any atom is -0.480 e. The van der Waals surface area contributed by atoms with Crippen LogP contribution in [-0.4, -0.2) is 56.7 Å². The first-order chi connectivity index (χ1) is 14.0. The van der Waals surface area contributed by atoms with Crippen molar-refractivity contribution < 1.29 is 24.2 Å². The highest BCUT2D eigenvalue weighted by atomic mass is 35.5. The number of thioether (sulfide) groups is 1. The highest BCUT2D eigenvalue weighted by Gasteiger charge is 2.64. The van der Waals surface area contributed by atoms with Crippen molar-refractivity contribution in [2.24, 2.45) is 0 Å². The molecule has 3 unspecified atom stereocenters. The zero-order valence-electron chi connectivity index (χ0n) is 16.3. The van der Waals surface area contributed by atoms with Gasteiger partial charge >= 0.3 is 5.97 Å². The van der Waals surface area contributed by atoms with Gasteiger partial charge in [-0.2, -0.15) is 0 Å². The average Bonchev–Trinajstić information content (AvgIpc) is 3.14. The molecule has 3 heterocycles. The summed E-state index contributed by atoms with van der Waals surface area (Å²) in [5.74, 6) is -1.63. The highest BCUT2D eigenvalue weighted by Crippen LogP contribution is 2.51. The van der Waals surface area contributed by atoms with Crippen LogP contribution in [0.15, 0.2) is 29.7 Å². The van der Waals surface area contributed by atoms with Crippen LogP contribution >= 0.6 is 35.0 Å². The number of β-lactam (4-membered cyclic amide) rings is 1. The van der Waals surface area contributed by atoms with Crippen molar-refractivity contribution in [3.05, 3.63) is 39.7 Å². The number of nitrogens with one attached hydrogen (secondary N) is 1. The minimum absolute atomic E-state index is 0.0507. The van der Waals surface area contributed by atoms with E-state index in [1.165, 1.54) is 16.7 Å². The quantitative estimate of drug-likeness (QED) is 0.651. The Morgan fingerprint density at radius 2 is 1.93 bits per heavy atom. The molecule has 3 aliphatic heterocycles. The number of rotatable bonds is 4. The molecule has 2 N–H and O–H groups in total. The molecular weight excluding hydrogens is 453 g/mol. The lowest BCUT2D eigenvalue weighted by Crippen LogP contribution is -2.70. The molecule has 2 saturated heterocycles. The fraction of sp³-hybridized carbons (Fsp3) is 0.421. The number of fused-ring (bicyclic) bond motifs is 1. The van der Waals surface area contributed by atoms with Crippen molar-refractivity contribution in [2.75, 3.05) is 11.6 Å². The molecule has 3 atom stereocenters. The Kier molecular flexibility index (Phi) is 5.11. The van der Waals surface area contributed by atoms with Crippen LogP contribution in [0, 0.1) is 0 Å². The SMILES string of the molecule is CC1=C(C(=O)NC2C(=O)N3C2SC(C)(C)C3C(=O)O)N(c2c(Cl)cccc2Cl)CO1. The predicted molar refractivity (Wildman–Crippen MR) is 113 cm³/mol. The van der Waals surface area contributed by atoms with Gasteiger partial charge in [0, 0.05) is 4.75 Å². The van der Waals surface area contributed by atoms with E-state index < -0.39 is 40.0 Å². The Hall–Kier alpha value is -2.10. The van der Waals surface area contributed by atoms with Crippen LogP contribution < -0.4 is 10.2 Å². The van der Waals surface area contributed by atoms with Crippen LogP contribution in [0.25, 0.3) is 0 Å². The fourth-order valence-corrected chi connectivity index (χ4v) is 6.27. The van der Waals surface area contributed by atoms with Crippen molar-refractivity contribution >= 4 is 58.4 Å². The second kappa shape index (κ2) is 7.25. The molecule has 160 valence electrons. The molecule has 0 radical (unpaired) electrons. The van der Waals surface area contributed by atoms with Crippen molar-refractivity contribution in [3.8, 4) is 0 Å². The monoisotopic (exact) mass is 471 g/mol. The van der Waals surface area contributed by atoms with Crippen molar-refractivity contribution in [2.45, 2.75) is 43.0 Å². The van der Waals surface area contributed by atoms with Crippen molar-refractivity contribution in [1.82, 2.24) is 10.2 Å². The number of halogens is 2. The Morgan fingerprint density at radius 3 is 2.53 bits per heavy atom. The molecule has 1 aromatic carbocycles. The smallest absolute Gasteiger partial charge is 0.327 e. The highest BCUT2D eigenvalue weighted by molar-refractivity contribution is 8.01. The van der Waals surface area contributed by atoms with Gasteiger partial charge in [0.1, 0.15) is 28.9 Å². The average molecular weight is 472 g/mol. The number of ether oxygens (including phenoxy) is 1. The molecule has 2 amide bonds. The third kappa shape index (κ3) is 3.11. The largest absolute Gasteiger partial charge is 0.480 e. The van der Waals surface area contributed by atoms with E-state index in [4.69, 9.17) is 27.9 Å². The maximum atomic E-state index is 13.1. The molecule has 0 bridgehead atoms. The van der Waals surface area contributed by atoms with E-state index in [1.807, 2.05) is 0 Å². The van der Waals surface area contributed by atoms with E-state index >= 15 is 0 Å². The zero-order chi connectivity index (χ0) is 22.0. The van der Waals surface area contributed by atoms with Crippen LogP contribution in [0.1, 0.15) is 20.8 Å². The van der Waals surface area contributed by atoms with E-state index in [0.717, 1.165) is 0 Å². The molecule has 0 saturated carbocycles. The van der Waals surface area contributed by atoms with E-state index in [9.17, 15) is 19.5 Å². The second-order valence-corrected chi connectivity index (χ2v) is 10.3. The first-order valence-corrected chi connectivity index (χ1v) is 10.8. The van der Waals surface area contributed by atoms with Crippen LogP contribution in [0.5, 0.6) is 0 Å². The third-order valence-corrected chi connectivity index (χ3v) is 7.58. The summed E-state index contributed by atoms with van der Waals surface area (Å²) in [4.78, 5) is 40.3. The van der Waals surface area contributed by atoms with Gasteiger partial charge in [-0.25, -0.2) is 4.79 Å². The lowest BCUT2D eigenvalue weighted by atomic mass is 9.96. The normalized spacial score (nSPS) is 27.0. The van der Waals surface area contributed by atoms with Gasteiger partial charge in [-0.05, 0) is 32.9 Å². The summed E-state index contributed by atoms with van der Waals surface area (Å²) in [6, 6.07) is 3.24. The van der Waals surface area contributed by atoms with Crippen LogP contribution in [0.2, 0.25) is 10.0 Å². The number of carboxylic acid groups (broad SMARTS) is 1. The Balaban J connectivity index is 1.57. The summed E-state index contributed by atoms with van der Waals surface area (Å²) in [5.41, 5.74) is 0.639. The summed E-state index contributed by atoms with van der Waals surface area (Å²) < 4.78 is 4.87. The molecule has 2 fully saturated rings. The number of benzene rings is 1. The molecule has 0 spiro atoms. The van der Waals surface area contributed by atoms with Gasteiger partial charge in [-0.3, -0.25) is 14.5 Å². The molecule has 4 rings (SSSR count). The number of nitrogens with zero attached hydrogens (tertiary/aromatic N) is 2. The van der Waals surface area contributed by atoms with Crippen LogP contribution in [-0.2, 0) is 19.1 Å². The van der Waals surface area contributed by atoms with Gasteiger partial charge < -0.3 is 20.1 Å². The number of hydrogen-bond donors (Lipinski definition) is 2. The second-order valence-electron chi connectivity index (χ2n) is 7.73. The summed E-state index contributed by atoms with van der Waals surface area (Å²) in [5, 5.41) is 12.5. The standard InChI is InChI=1S/C19H19Cl2N3O5S/c1-8-12(23(7-29-8)13-9(20)5-4-6-10(13)21)15(25)22-11-16(26)24-14(18(27)28)19(2,3)30-17(11)24/h4-6,11,14,17H,7H2,1-3H3,(H,22,25)(H,27,28). The molecule has 30 heavy (non-hydrogen) atoms. The number of amides is 2. The fourth-order valence-electron chi connectivity index (χ4n) is 4.05. The first-order valence-electron chi connectivity index (χ1n) is 9.13. The number of carboxylic acids is 1. The number of para-hydroxylation sites is 1. The van der Waals surface area contributed by atoms with Gasteiger partial charge in [0.2, 0.25) is 5.91 Å². The van der Waals surface area contributed by atoms with E-state index in [0.29, 0.717) is 21.5 Å². The van der Waals surface area contributed by atoms with Crippen LogP contribution in [0.3, 0.4) is 0 Å². The Labute approximate surface area is 187 Å². The molecule has 11 heteroatoms. The minimum atomic E-state index is -1.06. The number of aliphatic carboxylic acids is 1. The van der Waals surface area contributed by atoms with Gasteiger partial charge in [0.05, 0.1) is 15.7 Å². The predicted octanol–water partition coefficient (Wildman–Crippen LogP) is 2.65. The molecule has 0 aromatic heterocycles. The molecule has 1 aromatic rings. The van der Waals surface area contributed by atoms with E-state index in [1.54, 1.807) is 43.9 Å². The summed E-state index contributed by atoms with van der Waals surface area (Å²) >= 11 is 13.9. The van der Waals surface area contributed by atoms with Gasteiger partial charge in [-0.1, -0.05) is 29.3 Å². The topological polar surface area (TPSA) is 99.2 Å². The Morgan fingerprint density at radius 1 is 1.30 bits per heavy atom. The number of anilines is 1. The maximum Gasteiger partial charge on any atom is 0.327 e. The van der Waals surface area contributed by atoms with Gasteiger partial charge in [0.25, 0.3) is 5.91 Å². The molecule has 0 aliphatic carbocycles. The lowest BCUT2D eigenvalue weighted by Gasteiger charge is -2.43.